The predicted octanol–water partition coefficient (Wildman–Crippen LogP) is 3.71. The van der Waals surface area contributed by atoms with Gasteiger partial charge in [0.1, 0.15) is 0 Å². The van der Waals surface area contributed by atoms with E-state index in [1.54, 1.807) is 49.4 Å². The molecule has 0 saturated heterocycles. The number of nitrogens with zero attached hydrogens (tertiary/aromatic N) is 1. The molecule has 0 radical (unpaired) electrons. The third-order valence-electron chi connectivity index (χ3n) is 5.16. The van der Waals surface area contributed by atoms with Crippen molar-refractivity contribution in [3.63, 3.8) is 0 Å². The molecule has 0 N–H and O–H groups in total. The van der Waals surface area contributed by atoms with Crippen LogP contribution in [0.2, 0.25) is 0 Å². The van der Waals surface area contributed by atoms with E-state index in [1.807, 2.05) is 11.5 Å². The maximum absolute atomic E-state index is 12.8. The Kier molecular flexibility index (Phi) is 7.07. The van der Waals surface area contributed by atoms with Gasteiger partial charge >= 0.3 is 17.9 Å². The highest BCUT2D eigenvalue weighted by atomic mass is 16.5. The molecule has 8 heteroatoms. The summed E-state index contributed by atoms with van der Waals surface area (Å²) in [5.41, 5.74) is 3.12. The Bertz CT molecular complexity index is 1220. The minimum atomic E-state index is -0.795. The van der Waals surface area contributed by atoms with Gasteiger partial charge in [0, 0.05) is 22.6 Å². The number of carbonyl (C=O) groups is 4. The third-order valence-corrected chi connectivity index (χ3v) is 5.16. The minimum absolute atomic E-state index is 0.0216. The molecule has 0 amide bonds. The molecule has 2 aromatic carbocycles. The molecule has 0 aliphatic carbocycles. The van der Waals surface area contributed by atoms with E-state index in [9.17, 15) is 19.2 Å². The van der Waals surface area contributed by atoms with E-state index >= 15 is 0 Å². The summed E-state index contributed by atoms with van der Waals surface area (Å²) in [5.74, 6) is -2.29. The first-order valence-corrected chi connectivity index (χ1v) is 10.0. The fourth-order valence-electron chi connectivity index (χ4n) is 3.54. The molecule has 0 saturated carbocycles. The largest absolute Gasteiger partial charge is 0.465 e. The first kappa shape index (κ1) is 23.5. The average Bonchev–Trinajstić information content (AvgIpc) is 3.15. The lowest BCUT2D eigenvalue weighted by atomic mass is 10.1. The number of rotatable bonds is 7. The number of esters is 3. The van der Waals surface area contributed by atoms with Crippen molar-refractivity contribution >= 4 is 23.7 Å². The lowest BCUT2D eigenvalue weighted by Crippen LogP contribution is -2.17. The SMILES string of the molecule is COC(=O)c1ccc(-n2c(C)cc(C(=O)COC(=O)c3ccccc3C(=O)OC)c2C)cc1. The van der Waals surface area contributed by atoms with Crippen LogP contribution in [0.1, 0.15) is 52.8 Å². The lowest BCUT2D eigenvalue weighted by Gasteiger charge is -2.11. The Labute approximate surface area is 190 Å². The first-order valence-electron chi connectivity index (χ1n) is 10.0. The molecule has 0 aliphatic rings. The van der Waals surface area contributed by atoms with Gasteiger partial charge in [0.15, 0.2) is 6.61 Å². The van der Waals surface area contributed by atoms with Crippen LogP contribution in [0.4, 0.5) is 0 Å². The van der Waals surface area contributed by atoms with Crippen LogP contribution >= 0.6 is 0 Å². The summed E-state index contributed by atoms with van der Waals surface area (Å²) in [6, 6.07) is 14.6. The van der Waals surface area contributed by atoms with Crippen LogP contribution in [-0.2, 0) is 14.2 Å². The van der Waals surface area contributed by atoms with Crippen LogP contribution in [0, 0.1) is 13.8 Å². The van der Waals surface area contributed by atoms with Gasteiger partial charge in [0.05, 0.1) is 30.9 Å². The van der Waals surface area contributed by atoms with Gasteiger partial charge < -0.3 is 18.8 Å². The first-order chi connectivity index (χ1) is 15.8. The van der Waals surface area contributed by atoms with Crippen LogP contribution in [0.15, 0.2) is 54.6 Å². The molecular weight excluding hydrogens is 426 g/mol. The van der Waals surface area contributed by atoms with Crippen LogP contribution in [-0.4, -0.2) is 49.1 Å². The summed E-state index contributed by atoms with van der Waals surface area (Å²) in [7, 11) is 2.53. The van der Waals surface area contributed by atoms with Gasteiger partial charge in [-0.15, -0.1) is 0 Å². The zero-order chi connectivity index (χ0) is 24.1. The smallest absolute Gasteiger partial charge is 0.339 e. The number of ketones is 1. The average molecular weight is 449 g/mol. The van der Waals surface area contributed by atoms with E-state index in [0.29, 0.717) is 16.8 Å². The Morgan fingerprint density at radius 2 is 1.33 bits per heavy atom. The number of aromatic nitrogens is 1. The number of hydrogen-bond acceptors (Lipinski definition) is 7. The van der Waals surface area contributed by atoms with Crippen molar-refractivity contribution < 1.29 is 33.4 Å². The summed E-state index contributed by atoms with van der Waals surface area (Å²) in [5, 5.41) is 0. The second-order valence-electron chi connectivity index (χ2n) is 7.20. The van der Waals surface area contributed by atoms with Crippen molar-refractivity contribution in [2.24, 2.45) is 0 Å². The second-order valence-corrected chi connectivity index (χ2v) is 7.20. The molecular formula is C25H23NO7. The molecule has 1 aromatic heterocycles. The van der Waals surface area contributed by atoms with E-state index in [2.05, 4.69) is 4.74 Å². The molecule has 0 fully saturated rings. The molecule has 33 heavy (non-hydrogen) atoms. The van der Waals surface area contributed by atoms with E-state index in [-0.39, 0.29) is 16.9 Å². The van der Waals surface area contributed by atoms with Gasteiger partial charge in [0.25, 0.3) is 0 Å². The standard InChI is InChI=1S/C25H23NO7/c1-15-13-21(16(2)26(15)18-11-9-17(10-12-18)23(28)31-3)22(27)14-33-25(30)20-8-6-5-7-19(20)24(29)32-4/h5-13H,14H2,1-4H3. The van der Waals surface area contributed by atoms with Crippen LogP contribution in [0.3, 0.4) is 0 Å². The van der Waals surface area contributed by atoms with Crippen LogP contribution in [0.5, 0.6) is 0 Å². The Hall–Kier alpha value is -4.20. The highest BCUT2D eigenvalue weighted by Crippen LogP contribution is 2.22. The fraction of sp³-hybridized carbons (Fsp3) is 0.200. The monoisotopic (exact) mass is 449 g/mol. The van der Waals surface area contributed by atoms with Gasteiger partial charge in [-0.3, -0.25) is 4.79 Å². The lowest BCUT2D eigenvalue weighted by molar-refractivity contribution is 0.0463. The van der Waals surface area contributed by atoms with Gasteiger partial charge in [-0.1, -0.05) is 12.1 Å². The third kappa shape index (κ3) is 4.85. The number of benzene rings is 2. The maximum atomic E-state index is 12.8. The zero-order valence-corrected chi connectivity index (χ0v) is 18.7. The molecule has 0 aliphatic heterocycles. The second kappa shape index (κ2) is 9.95. The number of ether oxygens (including phenoxy) is 3. The summed E-state index contributed by atoms with van der Waals surface area (Å²) < 4.78 is 16.4. The normalized spacial score (nSPS) is 10.4. The highest BCUT2D eigenvalue weighted by molar-refractivity contribution is 6.05. The van der Waals surface area contributed by atoms with E-state index in [1.165, 1.54) is 26.4 Å². The molecule has 170 valence electrons. The Balaban J connectivity index is 1.78. The quantitative estimate of drug-likeness (QED) is 0.308. The minimum Gasteiger partial charge on any atom is -0.465 e. The zero-order valence-electron chi connectivity index (χ0n) is 18.7. The summed E-state index contributed by atoms with van der Waals surface area (Å²) >= 11 is 0. The van der Waals surface area contributed by atoms with Crippen molar-refractivity contribution in [2.75, 3.05) is 20.8 Å². The van der Waals surface area contributed by atoms with Gasteiger partial charge in [-0.2, -0.15) is 0 Å². The van der Waals surface area contributed by atoms with Gasteiger partial charge in [0.2, 0.25) is 5.78 Å². The highest BCUT2D eigenvalue weighted by Gasteiger charge is 2.22. The van der Waals surface area contributed by atoms with Crippen molar-refractivity contribution in [1.29, 1.82) is 0 Å². The molecule has 0 unspecified atom stereocenters. The number of Topliss-reactive ketones (excluding diaryl/α,β-unsaturated/α-hetero) is 1. The molecule has 0 bridgehead atoms. The molecule has 3 aromatic rings. The van der Waals surface area contributed by atoms with E-state index in [4.69, 9.17) is 9.47 Å². The number of aryl methyl sites for hydroxylation is 1. The molecule has 1 heterocycles. The van der Waals surface area contributed by atoms with Crippen molar-refractivity contribution in [3.8, 4) is 5.69 Å². The van der Waals surface area contributed by atoms with Crippen molar-refractivity contribution in [3.05, 3.63) is 88.2 Å². The van der Waals surface area contributed by atoms with E-state index in [0.717, 1.165) is 11.4 Å². The van der Waals surface area contributed by atoms with Gasteiger partial charge in [-0.25, -0.2) is 14.4 Å². The maximum Gasteiger partial charge on any atom is 0.339 e. The number of carbonyl (C=O) groups excluding carboxylic acids is 4. The fourth-order valence-corrected chi connectivity index (χ4v) is 3.54. The van der Waals surface area contributed by atoms with Gasteiger partial charge in [-0.05, 0) is 56.3 Å². The molecule has 0 spiro atoms. The summed E-state index contributed by atoms with van der Waals surface area (Å²) in [4.78, 5) is 48.8. The molecule has 8 nitrogen and oxygen atoms in total. The topological polar surface area (TPSA) is 101 Å². The molecule has 0 atom stereocenters. The number of hydrogen-bond donors (Lipinski definition) is 0. The van der Waals surface area contributed by atoms with Crippen molar-refractivity contribution in [1.82, 2.24) is 4.57 Å². The number of methoxy groups -OCH3 is 2. The molecule has 3 rings (SSSR count). The van der Waals surface area contributed by atoms with Crippen LogP contribution < -0.4 is 0 Å². The van der Waals surface area contributed by atoms with Crippen molar-refractivity contribution in [2.45, 2.75) is 13.8 Å². The summed E-state index contributed by atoms with van der Waals surface area (Å²) in [6.45, 7) is 3.14. The van der Waals surface area contributed by atoms with Crippen LogP contribution in [0.25, 0.3) is 5.69 Å². The Morgan fingerprint density at radius 3 is 1.91 bits per heavy atom. The Morgan fingerprint density at radius 1 is 0.758 bits per heavy atom. The van der Waals surface area contributed by atoms with E-state index < -0.39 is 24.5 Å². The summed E-state index contributed by atoms with van der Waals surface area (Å²) in [6.07, 6.45) is 0. The predicted molar refractivity (Wildman–Crippen MR) is 119 cm³/mol.